The zero-order valence-electron chi connectivity index (χ0n) is 7.42. The van der Waals surface area contributed by atoms with Crippen LogP contribution < -0.4 is 5.32 Å². The van der Waals surface area contributed by atoms with Crippen molar-refractivity contribution in [3.8, 4) is 0 Å². The Hall–Kier alpha value is -0.803. The summed E-state index contributed by atoms with van der Waals surface area (Å²) >= 11 is 0. The van der Waals surface area contributed by atoms with Gasteiger partial charge in [0.15, 0.2) is 9.76 Å². The van der Waals surface area contributed by atoms with Crippen LogP contribution in [0.4, 0.5) is 5.69 Å². The Morgan fingerprint density at radius 1 is 1.33 bits per heavy atom. The number of benzene rings is 1. The van der Waals surface area contributed by atoms with Gasteiger partial charge in [0, 0.05) is 18.5 Å². The minimum absolute atomic E-state index is 0.344. The lowest BCUT2D eigenvalue weighted by Crippen LogP contribution is -2.12. The Labute approximate surface area is 75.9 Å². The Balaban J connectivity index is 2.16. The molecule has 2 nitrogen and oxygen atoms in total. The van der Waals surface area contributed by atoms with Gasteiger partial charge in [-0.15, -0.1) is 0 Å². The molecule has 0 saturated carbocycles. The largest absolute Gasteiger partial charge is 0.423 e. The lowest BCUT2D eigenvalue weighted by molar-refractivity contribution is 0.361. The summed E-state index contributed by atoms with van der Waals surface area (Å²) in [5.41, 5.74) is 1.18. The third-order valence-electron chi connectivity index (χ3n) is 1.55. The molecule has 1 aromatic carbocycles. The summed E-state index contributed by atoms with van der Waals surface area (Å²) in [6.45, 7) is 2.89. The van der Waals surface area contributed by atoms with E-state index in [1.54, 1.807) is 0 Å². The second-order valence-electron chi connectivity index (χ2n) is 2.49. The molecule has 0 aromatic heterocycles. The first-order valence-corrected chi connectivity index (χ1v) is 5.88. The zero-order valence-corrected chi connectivity index (χ0v) is 8.83. The normalized spacial score (nSPS) is 10.8. The van der Waals surface area contributed by atoms with Crippen molar-refractivity contribution < 1.29 is 4.43 Å². The minimum Gasteiger partial charge on any atom is -0.423 e. The van der Waals surface area contributed by atoms with Crippen LogP contribution in [0.3, 0.4) is 0 Å². The fourth-order valence-corrected chi connectivity index (χ4v) is 1.79. The van der Waals surface area contributed by atoms with Crippen LogP contribution in [-0.2, 0) is 4.43 Å². The van der Waals surface area contributed by atoms with Crippen molar-refractivity contribution in [2.75, 3.05) is 18.1 Å². The van der Waals surface area contributed by atoms with E-state index < -0.39 is 0 Å². The average molecular weight is 181 g/mol. The quantitative estimate of drug-likeness (QED) is 0.544. The van der Waals surface area contributed by atoms with Crippen LogP contribution in [0.25, 0.3) is 0 Å². The van der Waals surface area contributed by atoms with Gasteiger partial charge in [-0.1, -0.05) is 18.2 Å². The molecule has 12 heavy (non-hydrogen) atoms. The van der Waals surface area contributed by atoms with Gasteiger partial charge in [0.05, 0.1) is 0 Å². The van der Waals surface area contributed by atoms with Gasteiger partial charge in [0.1, 0.15) is 0 Å². The van der Waals surface area contributed by atoms with Crippen molar-refractivity contribution in [1.29, 1.82) is 0 Å². The second kappa shape index (κ2) is 5.80. The van der Waals surface area contributed by atoms with Gasteiger partial charge in [-0.25, -0.2) is 0 Å². The van der Waals surface area contributed by atoms with Crippen molar-refractivity contribution in [3.05, 3.63) is 30.3 Å². The van der Waals surface area contributed by atoms with E-state index in [9.17, 15) is 0 Å². The van der Waals surface area contributed by atoms with E-state index in [1.165, 1.54) is 5.69 Å². The Bertz CT molecular complexity index is 203. The van der Waals surface area contributed by atoms with Crippen molar-refractivity contribution in [2.24, 2.45) is 0 Å². The van der Waals surface area contributed by atoms with Gasteiger partial charge in [0.2, 0.25) is 0 Å². The number of hydrogen-bond acceptors (Lipinski definition) is 2. The van der Waals surface area contributed by atoms with E-state index in [-0.39, 0.29) is 9.76 Å². The molecule has 66 valence electrons. The first kappa shape index (κ1) is 9.29. The number of nitrogens with one attached hydrogen (secondary N) is 1. The van der Waals surface area contributed by atoms with Crippen molar-refractivity contribution in [3.63, 3.8) is 0 Å². The molecule has 0 heterocycles. The van der Waals surface area contributed by atoms with Crippen molar-refractivity contribution in [2.45, 2.75) is 6.92 Å². The fraction of sp³-hybridized carbons (Fsp3) is 0.333. The number of rotatable bonds is 5. The number of hydrogen-bond donors (Lipinski definition) is 1. The first-order valence-electron chi connectivity index (χ1n) is 4.30. The van der Waals surface area contributed by atoms with Gasteiger partial charge in [-0.3, -0.25) is 0 Å². The SMILES string of the molecule is CCO[SiH2]CNc1ccccc1. The predicted molar refractivity (Wildman–Crippen MR) is 55.1 cm³/mol. The van der Waals surface area contributed by atoms with Crippen molar-refractivity contribution >= 4 is 15.5 Å². The summed E-state index contributed by atoms with van der Waals surface area (Å²) in [6.07, 6.45) is 1.01. The van der Waals surface area contributed by atoms with Crippen LogP contribution in [0, 0.1) is 0 Å². The lowest BCUT2D eigenvalue weighted by atomic mass is 10.3. The van der Waals surface area contributed by atoms with Gasteiger partial charge >= 0.3 is 0 Å². The highest BCUT2D eigenvalue weighted by atomic mass is 28.2. The van der Waals surface area contributed by atoms with Crippen LogP contribution in [0.5, 0.6) is 0 Å². The standard InChI is InChI=1S/C9H15NOSi/c1-2-11-12-8-10-9-6-4-3-5-7-9/h3-7,10H,2,8,12H2,1H3. The topological polar surface area (TPSA) is 21.3 Å². The van der Waals surface area contributed by atoms with Gasteiger partial charge < -0.3 is 9.74 Å². The third kappa shape index (κ3) is 3.55. The average Bonchev–Trinajstić information content (AvgIpc) is 2.14. The maximum absolute atomic E-state index is 5.33. The molecule has 0 fully saturated rings. The second-order valence-corrected chi connectivity index (χ2v) is 3.81. The van der Waals surface area contributed by atoms with E-state index in [1.807, 2.05) is 25.1 Å². The Morgan fingerprint density at radius 3 is 2.75 bits per heavy atom. The highest BCUT2D eigenvalue weighted by molar-refractivity contribution is 6.28. The molecule has 0 radical (unpaired) electrons. The van der Waals surface area contributed by atoms with E-state index in [0.29, 0.717) is 0 Å². The van der Waals surface area contributed by atoms with Crippen LogP contribution in [0.2, 0.25) is 0 Å². The summed E-state index contributed by atoms with van der Waals surface area (Å²) in [7, 11) is -0.344. The monoisotopic (exact) mass is 181 g/mol. The summed E-state index contributed by atoms with van der Waals surface area (Å²) in [5.74, 6) is 0. The summed E-state index contributed by atoms with van der Waals surface area (Å²) in [4.78, 5) is 0. The molecule has 1 rings (SSSR count). The van der Waals surface area contributed by atoms with Gasteiger partial charge in [-0.2, -0.15) is 0 Å². The highest BCUT2D eigenvalue weighted by Gasteiger charge is 1.88. The molecule has 0 amide bonds. The summed E-state index contributed by atoms with van der Waals surface area (Å²) in [6, 6.07) is 10.2. The zero-order chi connectivity index (χ0) is 8.65. The van der Waals surface area contributed by atoms with Gasteiger partial charge in [0.25, 0.3) is 0 Å². The summed E-state index contributed by atoms with van der Waals surface area (Å²) < 4.78 is 5.33. The molecule has 0 saturated heterocycles. The van der Waals surface area contributed by atoms with Crippen molar-refractivity contribution in [1.82, 2.24) is 0 Å². The van der Waals surface area contributed by atoms with E-state index >= 15 is 0 Å². The molecule has 0 spiro atoms. The Kier molecular flexibility index (Phi) is 4.49. The lowest BCUT2D eigenvalue weighted by Gasteiger charge is -2.04. The first-order chi connectivity index (χ1) is 5.93. The molecule has 0 bridgehead atoms. The van der Waals surface area contributed by atoms with E-state index in [2.05, 4.69) is 17.4 Å². The fourth-order valence-electron chi connectivity index (χ4n) is 0.968. The molecule has 0 unspecified atom stereocenters. The van der Waals surface area contributed by atoms with E-state index in [0.717, 1.165) is 12.8 Å². The maximum Gasteiger partial charge on any atom is 0.180 e. The molecule has 0 atom stereocenters. The third-order valence-corrected chi connectivity index (χ3v) is 2.70. The molecule has 3 heteroatoms. The smallest absolute Gasteiger partial charge is 0.180 e. The van der Waals surface area contributed by atoms with Crippen LogP contribution in [0.15, 0.2) is 30.3 Å². The molecule has 0 aliphatic carbocycles. The van der Waals surface area contributed by atoms with E-state index in [4.69, 9.17) is 4.43 Å². The summed E-state index contributed by atoms with van der Waals surface area (Å²) in [5, 5.41) is 3.32. The number of para-hydroxylation sites is 1. The van der Waals surface area contributed by atoms with Gasteiger partial charge in [-0.05, 0) is 19.1 Å². The van der Waals surface area contributed by atoms with Crippen LogP contribution in [0.1, 0.15) is 6.92 Å². The molecule has 1 N–H and O–H groups in total. The maximum atomic E-state index is 5.33. The number of anilines is 1. The molecule has 0 aliphatic heterocycles. The molecule has 0 aliphatic rings. The molecular formula is C9H15NOSi. The molecule has 1 aromatic rings. The molecular weight excluding hydrogens is 166 g/mol. The Morgan fingerprint density at radius 2 is 2.08 bits per heavy atom. The van der Waals surface area contributed by atoms with Crippen LogP contribution in [-0.4, -0.2) is 22.5 Å². The highest BCUT2D eigenvalue weighted by Crippen LogP contribution is 2.03. The van der Waals surface area contributed by atoms with Crippen LogP contribution >= 0.6 is 0 Å². The minimum atomic E-state index is -0.344. The predicted octanol–water partition coefficient (Wildman–Crippen LogP) is 1.18.